The number of carbonyl (C=O) groups excluding carboxylic acids is 3. The van der Waals surface area contributed by atoms with Crippen molar-refractivity contribution >= 4 is 58.9 Å². The lowest BCUT2D eigenvalue weighted by Gasteiger charge is -2.42. The first-order chi connectivity index (χ1) is 35.5. The summed E-state index contributed by atoms with van der Waals surface area (Å²) in [5.41, 5.74) is 5.55. The van der Waals surface area contributed by atoms with Crippen molar-refractivity contribution in [2.75, 3.05) is 33.8 Å². The molecule has 2 aromatic heterocycles. The number of methoxy groups -OCH3 is 1. The Kier molecular flexibility index (Phi) is 14.7. The molecule has 16 heteroatoms. The van der Waals surface area contributed by atoms with Crippen molar-refractivity contribution in [2.24, 2.45) is 0 Å². The van der Waals surface area contributed by atoms with Gasteiger partial charge in [-0.05, 0) is 47.0 Å². The minimum Gasteiger partial charge on any atom is -0.497 e. The number of para-hydroxylation sites is 2. The molecule has 2 fully saturated rings. The van der Waals surface area contributed by atoms with Gasteiger partial charge in [0.05, 0.1) is 55.7 Å². The maximum Gasteiger partial charge on any atom is 0.412 e. The first-order valence-corrected chi connectivity index (χ1v) is 28.3. The Balaban J connectivity index is 1.04. The molecule has 3 amide bonds. The van der Waals surface area contributed by atoms with E-state index < -0.39 is 56.6 Å². The summed E-state index contributed by atoms with van der Waals surface area (Å²) in [6.45, 7) is 7.94. The lowest BCUT2D eigenvalue weighted by Crippen LogP contribution is -2.59. The zero-order valence-electron chi connectivity index (χ0n) is 41.4. The Morgan fingerprint density at radius 1 is 0.616 bits per heavy atom. The molecule has 2 saturated heterocycles. The molecule has 5 heterocycles. The summed E-state index contributed by atoms with van der Waals surface area (Å²) in [6, 6.07) is 42.0. The highest BCUT2D eigenvalue weighted by molar-refractivity contribution is 6.76. The molecular weight excluding hydrogens is 945 g/mol. The second kappa shape index (κ2) is 21.7. The van der Waals surface area contributed by atoms with Crippen molar-refractivity contribution < 1.29 is 52.6 Å². The minimum atomic E-state index is -1.37. The van der Waals surface area contributed by atoms with Crippen LogP contribution in [0.3, 0.4) is 0 Å². The van der Waals surface area contributed by atoms with Crippen LogP contribution in [0.25, 0.3) is 33.0 Å². The van der Waals surface area contributed by atoms with E-state index >= 15 is 9.59 Å². The molecule has 0 bridgehead atoms. The molecule has 10 rings (SSSR count). The number of rotatable bonds is 21. The lowest BCUT2D eigenvalue weighted by molar-refractivity contribution is -0.219. The van der Waals surface area contributed by atoms with Gasteiger partial charge in [-0.1, -0.05) is 129 Å². The van der Waals surface area contributed by atoms with Crippen LogP contribution >= 0.6 is 0 Å². The molecule has 0 spiro atoms. The maximum atomic E-state index is 15.2. The van der Waals surface area contributed by atoms with E-state index in [1.807, 2.05) is 144 Å². The number of aliphatic hydroxyl groups excluding tert-OH is 1. The van der Waals surface area contributed by atoms with Gasteiger partial charge >= 0.3 is 6.09 Å². The summed E-state index contributed by atoms with van der Waals surface area (Å²) >= 11 is 0. The van der Waals surface area contributed by atoms with Crippen molar-refractivity contribution in [3.05, 3.63) is 174 Å². The molecule has 7 aromatic rings. The number of hydrogen-bond acceptors (Lipinski definition) is 11. The van der Waals surface area contributed by atoms with Crippen LogP contribution in [0.15, 0.2) is 146 Å². The van der Waals surface area contributed by atoms with Gasteiger partial charge in [0.25, 0.3) is 11.8 Å². The number of nitrogens with zero attached hydrogens (tertiary/aromatic N) is 4. The van der Waals surface area contributed by atoms with Crippen molar-refractivity contribution in [3.63, 3.8) is 0 Å². The van der Waals surface area contributed by atoms with Gasteiger partial charge in [0, 0.05) is 49.0 Å². The van der Waals surface area contributed by atoms with Crippen molar-refractivity contribution in [1.82, 2.24) is 18.9 Å². The number of benzene rings is 5. The van der Waals surface area contributed by atoms with Crippen LogP contribution in [0.4, 0.5) is 4.79 Å². The standard InChI is InChI=1S/C57H60N4O11Si/c1-66-41-25-23-40(24-26-41)31-68-34-48-53-51(60(57(65)72-53)36-69-32-38-15-7-5-8-16-38)52(62)56(71-48)59-30-45(43-20-12-14-22-47(43)59)50-49(54(63)61(55(50)64)37-70-33-39-17-9-6-10-18-39)44-29-58(35-67-27-28-73(2,3)4)46-21-13-11-19-42(44)46/h5-26,29-30,48,51-53,56,62H,27-28,31-37H2,1-4H3/t48-,51+,52+,53-,56+/m0/s1. The molecule has 0 saturated carbocycles. The van der Waals surface area contributed by atoms with E-state index in [1.165, 1.54) is 4.90 Å². The fourth-order valence-electron chi connectivity index (χ4n) is 9.82. The predicted molar refractivity (Wildman–Crippen MR) is 277 cm³/mol. The molecule has 5 aromatic carbocycles. The van der Waals surface area contributed by atoms with E-state index in [0.29, 0.717) is 34.4 Å². The van der Waals surface area contributed by atoms with E-state index in [9.17, 15) is 9.90 Å². The Morgan fingerprint density at radius 2 is 1.18 bits per heavy atom. The quantitative estimate of drug-likeness (QED) is 0.0417. The molecule has 1 N–H and O–H groups in total. The van der Waals surface area contributed by atoms with Gasteiger partial charge in [0.15, 0.2) is 12.3 Å². The van der Waals surface area contributed by atoms with Crippen LogP contribution in [0.5, 0.6) is 5.75 Å². The fourth-order valence-corrected chi connectivity index (χ4v) is 10.6. The van der Waals surface area contributed by atoms with Gasteiger partial charge in [0.2, 0.25) is 0 Å². The zero-order valence-corrected chi connectivity index (χ0v) is 42.4. The summed E-state index contributed by atoms with van der Waals surface area (Å²) in [7, 11) is 0.236. The smallest absolute Gasteiger partial charge is 0.412 e. The van der Waals surface area contributed by atoms with Crippen molar-refractivity contribution in [3.8, 4) is 5.75 Å². The first kappa shape index (κ1) is 49.7. The Morgan fingerprint density at radius 3 is 1.82 bits per heavy atom. The summed E-state index contributed by atoms with van der Waals surface area (Å²) in [5, 5.41) is 14.0. The minimum absolute atomic E-state index is 0.000613. The third kappa shape index (κ3) is 10.5. The Bertz CT molecular complexity index is 3110. The summed E-state index contributed by atoms with van der Waals surface area (Å²) in [4.78, 5) is 46.6. The van der Waals surface area contributed by atoms with E-state index in [1.54, 1.807) is 17.9 Å². The average Bonchev–Trinajstić information content (AvgIpc) is 4.13. The van der Waals surface area contributed by atoms with Crippen LogP contribution in [0.2, 0.25) is 25.7 Å². The van der Waals surface area contributed by atoms with Gasteiger partial charge in [-0.3, -0.25) is 14.5 Å². The van der Waals surface area contributed by atoms with E-state index in [-0.39, 0.29) is 57.8 Å². The number of aromatic nitrogens is 2. The van der Waals surface area contributed by atoms with Crippen LogP contribution in [-0.4, -0.2) is 108 Å². The molecule has 3 aliphatic heterocycles. The monoisotopic (exact) mass is 1000 g/mol. The fraction of sp³-hybridized carbons (Fsp3) is 0.316. The number of ether oxygens (including phenoxy) is 7. The summed E-state index contributed by atoms with van der Waals surface area (Å²) in [5.74, 6) is -0.332. The molecule has 0 radical (unpaired) electrons. The predicted octanol–water partition coefficient (Wildman–Crippen LogP) is 9.21. The van der Waals surface area contributed by atoms with Crippen LogP contribution in [0, 0.1) is 0 Å². The van der Waals surface area contributed by atoms with Crippen LogP contribution in [0.1, 0.15) is 34.0 Å². The van der Waals surface area contributed by atoms with Gasteiger partial charge in [-0.25, -0.2) is 9.69 Å². The first-order valence-electron chi connectivity index (χ1n) is 24.6. The number of aliphatic hydroxyl groups is 1. The number of hydrogen-bond donors (Lipinski definition) is 1. The van der Waals surface area contributed by atoms with Crippen LogP contribution < -0.4 is 4.74 Å². The molecule has 15 nitrogen and oxygen atoms in total. The molecule has 378 valence electrons. The second-order valence-corrected chi connectivity index (χ2v) is 25.4. The van der Waals surface area contributed by atoms with E-state index in [0.717, 1.165) is 38.5 Å². The second-order valence-electron chi connectivity index (χ2n) is 19.8. The average molecular weight is 1010 g/mol. The highest BCUT2D eigenvalue weighted by Crippen LogP contribution is 2.45. The zero-order chi connectivity index (χ0) is 50.6. The molecule has 0 unspecified atom stereocenters. The van der Waals surface area contributed by atoms with E-state index in [4.69, 9.17) is 33.2 Å². The van der Waals surface area contributed by atoms with E-state index in [2.05, 4.69) is 19.6 Å². The number of imide groups is 1. The number of fused-ring (bicyclic) bond motifs is 3. The Hall–Kier alpha value is -6.89. The molecule has 0 aliphatic carbocycles. The lowest BCUT2D eigenvalue weighted by atomic mass is 9.95. The van der Waals surface area contributed by atoms with Crippen LogP contribution in [-0.2, 0) is 64.6 Å². The van der Waals surface area contributed by atoms with Gasteiger partial charge < -0.3 is 47.4 Å². The number of carbonyl (C=O) groups is 3. The summed E-state index contributed by atoms with van der Waals surface area (Å²) < 4.78 is 46.6. The molecular formula is C57H60N4O11Si. The topological polar surface area (TPSA) is 152 Å². The highest BCUT2D eigenvalue weighted by Gasteiger charge is 2.57. The van der Waals surface area contributed by atoms with Gasteiger partial charge in [0.1, 0.15) is 44.2 Å². The highest BCUT2D eigenvalue weighted by atomic mass is 28.3. The third-order valence-corrected chi connectivity index (χ3v) is 15.3. The molecule has 3 aliphatic rings. The number of amides is 3. The largest absolute Gasteiger partial charge is 0.497 e. The third-order valence-electron chi connectivity index (χ3n) is 13.6. The van der Waals surface area contributed by atoms with Gasteiger partial charge in [-0.15, -0.1) is 0 Å². The molecule has 73 heavy (non-hydrogen) atoms. The maximum absolute atomic E-state index is 15.2. The SMILES string of the molecule is COc1ccc(COC[C@@H]2O[C@@H](n3cc(C4=C(c5cn(COCC[Si](C)(C)C)c6ccccc56)C(=O)N(COCc5ccccc5)C4=O)c4ccccc43)[C@H](O)[C@@H]3[C@H]2OC(=O)N3COCc2ccccc2)cc1. The van der Waals surface area contributed by atoms with Gasteiger partial charge in [-0.2, -0.15) is 0 Å². The Labute approximate surface area is 425 Å². The van der Waals surface area contributed by atoms with Crippen molar-refractivity contribution in [2.45, 2.75) is 82.8 Å². The molecule has 5 atom stereocenters. The van der Waals surface area contributed by atoms with Crippen molar-refractivity contribution in [1.29, 1.82) is 0 Å². The normalized spacial score (nSPS) is 20.2. The summed E-state index contributed by atoms with van der Waals surface area (Å²) in [6.07, 6.45) is -1.30.